The van der Waals surface area contributed by atoms with Crippen LogP contribution in [0.15, 0.2) is 0 Å². The summed E-state index contributed by atoms with van der Waals surface area (Å²) in [6.45, 7) is 1.88. The first-order valence-corrected chi connectivity index (χ1v) is 5.14. The van der Waals surface area contributed by atoms with E-state index in [1.165, 1.54) is 32.1 Å². The minimum absolute atomic E-state index is 0.0630. The van der Waals surface area contributed by atoms with Crippen LogP contribution in [-0.2, 0) is 0 Å². The zero-order valence-electron chi connectivity index (χ0n) is 8.00. The number of hydrogen-bond acceptors (Lipinski definition) is 2. The van der Waals surface area contributed by atoms with E-state index in [4.69, 9.17) is 5.73 Å². The lowest BCUT2D eigenvalue weighted by molar-refractivity contribution is 0.110. The van der Waals surface area contributed by atoms with Gasteiger partial charge in [0.2, 0.25) is 0 Å². The molecule has 1 saturated carbocycles. The Morgan fingerprint density at radius 2 is 1.92 bits per heavy atom. The van der Waals surface area contributed by atoms with E-state index in [1.54, 1.807) is 0 Å². The molecule has 0 aromatic carbocycles. The highest BCUT2D eigenvalue weighted by Crippen LogP contribution is 2.27. The maximum atomic E-state index is 9.55. The van der Waals surface area contributed by atoms with Gasteiger partial charge in [-0.2, -0.15) is 0 Å². The van der Waals surface area contributed by atoms with Gasteiger partial charge in [-0.05, 0) is 19.3 Å². The van der Waals surface area contributed by atoms with Crippen LogP contribution in [0.3, 0.4) is 0 Å². The van der Waals surface area contributed by atoms with Gasteiger partial charge in [0.25, 0.3) is 0 Å². The monoisotopic (exact) mass is 171 g/mol. The molecule has 1 aliphatic carbocycles. The normalized spacial score (nSPS) is 25.2. The molecule has 0 aromatic rings. The van der Waals surface area contributed by atoms with Gasteiger partial charge >= 0.3 is 0 Å². The minimum Gasteiger partial charge on any atom is -0.392 e. The van der Waals surface area contributed by atoms with Crippen molar-refractivity contribution < 1.29 is 5.11 Å². The standard InChI is InChI=1S/C10H21NO/c1-8(11)10(12)7-9-5-3-2-4-6-9/h8-10,12H,2-7,11H2,1H3/t8-,10?/m1/s1. The Hall–Kier alpha value is -0.0800. The molecule has 1 rings (SSSR count). The maximum absolute atomic E-state index is 9.55. The van der Waals surface area contributed by atoms with Crippen LogP contribution in [0.1, 0.15) is 45.4 Å². The van der Waals surface area contributed by atoms with Gasteiger partial charge in [-0.15, -0.1) is 0 Å². The first kappa shape index (κ1) is 10.0. The first-order valence-electron chi connectivity index (χ1n) is 5.14. The summed E-state index contributed by atoms with van der Waals surface area (Å²) in [6.07, 6.45) is 7.29. The largest absolute Gasteiger partial charge is 0.392 e. The van der Waals surface area contributed by atoms with Gasteiger partial charge in [-0.3, -0.25) is 0 Å². The lowest BCUT2D eigenvalue weighted by Crippen LogP contribution is -2.33. The van der Waals surface area contributed by atoms with E-state index in [0.29, 0.717) is 0 Å². The van der Waals surface area contributed by atoms with Gasteiger partial charge in [0.15, 0.2) is 0 Å². The van der Waals surface area contributed by atoms with Crippen molar-refractivity contribution in [3.05, 3.63) is 0 Å². The molecule has 0 saturated heterocycles. The number of rotatable bonds is 3. The fourth-order valence-corrected chi connectivity index (χ4v) is 1.98. The maximum Gasteiger partial charge on any atom is 0.0691 e. The van der Waals surface area contributed by atoms with Crippen molar-refractivity contribution in [3.63, 3.8) is 0 Å². The Balaban J connectivity index is 2.20. The topological polar surface area (TPSA) is 46.2 Å². The predicted molar refractivity (Wildman–Crippen MR) is 50.8 cm³/mol. The van der Waals surface area contributed by atoms with Crippen molar-refractivity contribution in [2.24, 2.45) is 11.7 Å². The molecule has 3 N–H and O–H groups in total. The molecular weight excluding hydrogens is 150 g/mol. The van der Waals surface area contributed by atoms with Crippen molar-refractivity contribution in [1.82, 2.24) is 0 Å². The Morgan fingerprint density at radius 1 is 1.33 bits per heavy atom. The number of aliphatic hydroxyl groups is 1. The molecule has 0 amide bonds. The minimum atomic E-state index is -0.284. The molecule has 72 valence electrons. The van der Waals surface area contributed by atoms with Gasteiger partial charge in [0.1, 0.15) is 0 Å². The lowest BCUT2D eigenvalue weighted by atomic mass is 9.84. The van der Waals surface area contributed by atoms with Crippen molar-refractivity contribution in [2.45, 2.75) is 57.6 Å². The second kappa shape index (κ2) is 4.83. The third-order valence-electron chi connectivity index (χ3n) is 2.91. The van der Waals surface area contributed by atoms with E-state index in [1.807, 2.05) is 6.92 Å². The molecule has 0 spiro atoms. The van der Waals surface area contributed by atoms with E-state index in [9.17, 15) is 5.11 Å². The molecule has 2 heteroatoms. The van der Waals surface area contributed by atoms with Crippen molar-refractivity contribution in [3.8, 4) is 0 Å². The summed E-state index contributed by atoms with van der Waals surface area (Å²) in [4.78, 5) is 0. The van der Waals surface area contributed by atoms with Crippen LogP contribution in [0.5, 0.6) is 0 Å². The highest BCUT2D eigenvalue weighted by atomic mass is 16.3. The third-order valence-corrected chi connectivity index (χ3v) is 2.91. The molecule has 0 radical (unpaired) electrons. The van der Waals surface area contributed by atoms with Crippen LogP contribution < -0.4 is 5.73 Å². The second-order valence-electron chi connectivity index (χ2n) is 4.17. The van der Waals surface area contributed by atoms with E-state index in [-0.39, 0.29) is 12.1 Å². The van der Waals surface area contributed by atoms with Crippen LogP contribution in [0, 0.1) is 5.92 Å². The molecular formula is C10H21NO. The van der Waals surface area contributed by atoms with Crippen LogP contribution >= 0.6 is 0 Å². The fraction of sp³-hybridized carbons (Fsp3) is 1.00. The van der Waals surface area contributed by atoms with Gasteiger partial charge in [-0.25, -0.2) is 0 Å². The molecule has 0 aromatic heterocycles. The van der Waals surface area contributed by atoms with E-state index in [2.05, 4.69) is 0 Å². The SMILES string of the molecule is C[C@@H](N)C(O)CC1CCCCC1. The van der Waals surface area contributed by atoms with Crippen LogP contribution in [-0.4, -0.2) is 17.3 Å². The average molecular weight is 171 g/mol. The smallest absolute Gasteiger partial charge is 0.0691 e. The zero-order chi connectivity index (χ0) is 8.97. The molecule has 0 aliphatic heterocycles. The Morgan fingerprint density at radius 3 is 2.42 bits per heavy atom. The van der Waals surface area contributed by atoms with Crippen molar-refractivity contribution >= 4 is 0 Å². The first-order chi connectivity index (χ1) is 5.70. The van der Waals surface area contributed by atoms with Crippen molar-refractivity contribution in [2.75, 3.05) is 0 Å². The van der Waals surface area contributed by atoms with Crippen LogP contribution in [0.25, 0.3) is 0 Å². The van der Waals surface area contributed by atoms with Crippen LogP contribution in [0.2, 0.25) is 0 Å². The molecule has 1 aliphatic rings. The van der Waals surface area contributed by atoms with E-state index >= 15 is 0 Å². The summed E-state index contributed by atoms with van der Waals surface area (Å²) in [5.41, 5.74) is 5.60. The highest BCUT2D eigenvalue weighted by Gasteiger charge is 2.19. The zero-order valence-corrected chi connectivity index (χ0v) is 8.00. The number of aliphatic hydroxyl groups excluding tert-OH is 1. The molecule has 1 fully saturated rings. The third kappa shape index (κ3) is 3.11. The summed E-state index contributed by atoms with van der Waals surface area (Å²) >= 11 is 0. The Bertz CT molecular complexity index is 119. The highest BCUT2D eigenvalue weighted by molar-refractivity contribution is 4.74. The molecule has 1 unspecified atom stereocenters. The number of hydrogen-bond donors (Lipinski definition) is 2. The molecule has 0 bridgehead atoms. The van der Waals surface area contributed by atoms with Gasteiger partial charge in [0.05, 0.1) is 6.10 Å². The fourth-order valence-electron chi connectivity index (χ4n) is 1.98. The van der Waals surface area contributed by atoms with Crippen molar-refractivity contribution in [1.29, 1.82) is 0 Å². The molecule has 0 heterocycles. The Labute approximate surface area is 75.2 Å². The second-order valence-corrected chi connectivity index (χ2v) is 4.17. The molecule has 2 nitrogen and oxygen atoms in total. The Kier molecular flexibility index (Phi) is 4.02. The van der Waals surface area contributed by atoms with Gasteiger partial charge in [-0.1, -0.05) is 32.1 Å². The summed E-state index contributed by atoms with van der Waals surface area (Å²) in [5.74, 6) is 0.736. The summed E-state index contributed by atoms with van der Waals surface area (Å²) in [5, 5.41) is 9.55. The lowest BCUT2D eigenvalue weighted by Gasteiger charge is -2.25. The predicted octanol–water partition coefficient (Wildman–Crippen LogP) is 1.66. The summed E-state index contributed by atoms with van der Waals surface area (Å²) < 4.78 is 0. The van der Waals surface area contributed by atoms with Gasteiger partial charge in [0, 0.05) is 6.04 Å². The number of nitrogens with two attached hydrogens (primary N) is 1. The quantitative estimate of drug-likeness (QED) is 0.678. The average Bonchev–Trinajstić information content (AvgIpc) is 2.06. The molecule has 12 heavy (non-hydrogen) atoms. The van der Waals surface area contributed by atoms with E-state index in [0.717, 1.165) is 12.3 Å². The summed E-state index contributed by atoms with van der Waals surface area (Å²) in [6, 6.07) is -0.0630. The van der Waals surface area contributed by atoms with E-state index < -0.39 is 0 Å². The van der Waals surface area contributed by atoms with Gasteiger partial charge < -0.3 is 10.8 Å². The van der Waals surface area contributed by atoms with Crippen LogP contribution in [0.4, 0.5) is 0 Å². The molecule has 2 atom stereocenters. The summed E-state index contributed by atoms with van der Waals surface area (Å²) in [7, 11) is 0.